The minimum atomic E-state index is -3.98. The Hall–Kier alpha value is -1.62. The first kappa shape index (κ1) is 15.8. The van der Waals surface area contributed by atoms with Crippen molar-refractivity contribution in [2.24, 2.45) is 5.73 Å². The molecule has 0 aliphatic heterocycles. The van der Waals surface area contributed by atoms with E-state index in [0.29, 0.717) is 0 Å². The average molecular weight is 335 g/mol. The van der Waals surface area contributed by atoms with Crippen LogP contribution in [0.3, 0.4) is 0 Å². The normalized spacial score (nSPS) is 13.3. The van der Waals surface area contributed by atoms with Gasteiger partial charge in [0.2, 0.25) is 10.0 Å². The number of aromatic nitrogens is 4. The van der Waals surface area contributed by atoms with Gasteiger partial charge in [0, 0.05) is 6.54 Å². The molecule has 1 aromatic carbocycles. The highest BCUT2D eigenvalue weighted by Crippen LogP contribution is 2.24. The first-order valence-electron chi connectivity index (χ1n) is 5.79. The van der Waals surface area contributed by atoms with Gasteiger partial charge in [0.05, 0.1) is 16.0 Å². The average Bonchev–Trinajstić information content (AvgIpc) is 2.95. The Kier molecular flexibility index (Phi) is 4.52. The van der Waals surface area contributed by atoms with E-state index in [1.165, 1.54) is 13.0 Å². The summed E-state index contributed by atoms with van der Waals surface area (Å²) in [4.78, 5) is -0.278. The summed E-state index contributed by atoms with van der Waals surface area (Å²) in [7, 11) is -3.98. The Bertz CT molecular complexity index is 736. The maximum atomic E-state index is 13.6. The van der Waals surface area contributed by atoms with Crippen LogP contribution in [0.1, 0.15) is 24.4 Å². The maximum absolute atomic E-state index is 13.6. The zero-order valence-corrected chi connectivity index (χ0v) is 12.4. The summed E-state index contributed by atoms with van der Waals surface area (Å²) in [6, 6.07) is 1.30. The molecule has 1 aromatic heterocycles. The molecule has 0 aliphatic carbocycles. The minimum absolute atomic E-state index is 0.0838. The predicted molar refractivity (Wildman–Crippen MR) is 72.2 cm³/mol. The Morgan fingerprint density at radius 1 is 1.52 bits per heavy atom. The van der Waals surface area contributed by atoms with Crippen LogP contribution in [0.15, 0.2) is 17.0 Å². The molecular weight excluding hydrogens is 323 g/mol. The zero-order chi connectivity index (χ0) is 15.6. The number of sulfonamides is 1. The van der Waals surface area contributed by atoms with E-state index in [2.05, 4.69) is 25.3 Å². The van der Waals surface area contributed by atoms with E-state index in [1.807, 2.05) is 0 Å². The molecule has 4 N–H and O–H groups in total. The molecule has 0 saturated carbocycles. The number of nitrogens with one attached hydrogen (secondary N) is 2. The molecule has 8 nitrogen and oxygen atoms in total. The maximum Gasteiger partial charge on any atom is 0.241 e. The second-order valence-electron chi connectivity index (χ2n) is 4.20. The monoisotopic (exact) mass is 334 g/mol. The van der Waals surface area contributed by atoms with Crippen molar-refractivity contribution in [3.05, 3.63) is 34.4 Å². The predicted octanol–water partition coefficient (Wildman–Crippen LogP) is 0.490. The molecule has 11 heteroatoms. The lowest BCUT2D eigenvalue weighted by molar-refractivity contribution is 0.557. The van der Waals surface area contributed by atoms with Gasteiger partial charge in [-0.25, -0.2) is 17.5 Å². The van der Waals surface area contributed by atoms with Crippen LogP contribution in [0.25, 0.3) is 0 Å². The molecule has 1 unspecified atom stereocenters. The highest BCUT2D eigenvalue weighted by molar-refractivity contribution is 7.89. The Labute approximate surface area is 124 Å². The largest absolute Gasteiger partial charge is 0.326 e. The third-order valence-electron chi connectivity index (χ3n) is 2.69. The lowest BCUT2D eigenvalue weighted by Gasteiger charge is -2.12. The van der Waals surface area contributed by atoms with Gasteiger partial charge in [-0.1, -0.05) is 16.8 Å². The molecule has 0 amide bonds. The van der Waals surface area contributed by atoms with E-state index in [0.717, 1.165) is 6.07 Å². The number of halogens is 2. The molecule has 0 saturated heterocycles. The smallest absolute Gasteiger partial charge is 0.241 e. The van der Waals surface area contributed by atoms with Crippen LogP contribution in [-0.2, 0) is 16.6 Å². The van der Waals surface area contributed by atoms with E-state index < -0.39 is 21.9 Å². The van der Waals surface area contributed by atoms with Gasteiger partial charge >= 0.3 is 0 Å². The van der Waals surface area contributed by atoms with Crippen LogP contribution in [0.2, 0.25) is 5.02 Å². The van der Waals surface area contributed by atoms with Gasteiger partial charge in [-0.15, -0.1) is 10.2 Å². The summed E-state index contributed by atoms with van der Waals surface area (Å²) in [5, 5.41) is 12.7. The van der Waals surface area contributed by atoms with Crippen LogP contribution in [0.4, 0.5) is 4.39 Å². The summed E-state index contributed by atoms with van der Waals surface area (Å²) in [6.45, 7) is 1.44. The van der Waals surface area contributed by atoms with Gasteiger partial charge in [-0.05, 0) is 24.6 Å². The molecule has 114 valence electrons. The van der Waals surface area contributed by atoms with Gasteiger partial charge in [0.25, 0.3) is 0 Å². The fourth-order valence-corrected chi connectivity index (χ4v) is 3.08. The van der Waals surface area contributed by atoms with Gasteiger partial charge in [0.1, 0.15) is 5.82 Å². The minimum Gasteiger partial charge on any atom is -0.326 e. The highest BCUT2D eigenvalue weighted by Gasteiger charge is 2.23. The molecule has 0 spiro atoms. The van der Waals surface area contributed by atoms with Crippen molar-refractivity contribution in [2.45, 2.75) is 24.4 Å². The first-order valence-corrected chi connectivity index (χ1v) is 7.65. The highest BCUT2D eigenvalue weighted by atomic mass is 35.5. The second kappa shape index (κ2) is 6.02. The van der Waals surface area contributed by atoms with Crippen molar-refractivity contribution in [1.29, 1.82) is 0 Å². The number of H-pyrrole nitrogens is 1. The summed E-state index contributed by atoms with van der Waals surface area (Å²) in [5.74, 6) is -0.695. The Morgan fingerprint density at radius 2 is 2.24 bits per heavy atom. The molecule has 2 aromatic rings. The van der Waals surface area contributed by atoms with E-state index >= 15 is 0 Å². The van der Waals surface area contributed by atoms with Gasteiger partial charge in [-0.3, -0.25) is 0 Å². The molecule has 0 aliphatic rings. The molecule has 0 bridgehead atoms. The van der Waals surface area contributed by atoms with Crippen LogP contribution in [0.5, 0.6) is 0 Å². The van der Waals surface area contributed by atoms with Crippen molar-refractivity contribution in [3.8, 4) is 0 Å². The van der Waals surface area contributed by atoms with Gasteiger partial charge in [0.15, 0.2) is 5.82 Å². The summed E-state index contributed by atoms with van der Waals surface area (Å²) in [6.07, 6.45) is 0. The second-order valence-corrected chi connectivity index (χ2v) is 6.29. The van der Waals surface area contributed by atoms with Crippen molar-refractivity contribution in [2.75, 3.05) is 0 Å². The van der Waals surface area contributed by atoms with E-state index in [9.17, 15) is 12.8 Å². The van der Waals surface area contributed by atoms with Crippen molar-refractivity contribution < 1.29 is 12.8 Å². The van der Waals surface area contributed by atoms with Crippen LogP contribution < -0.4 is 10.5 Å². The standard InChI is InChI=1S/C10H12ClFN6O2S/c1-5(10-14-17-18-15-10)16-21(19,20)7-2-6(4-13)9(11)8(12)3-7/h2-3,5,16H,4,13H2,1H3,(H,14,15,17,18). The molecule has 2 rings (SSSR count). The van der Waals surface area contributed by atoms with Crippen molar-refractivity contribution in [3.63, 3.8) is 0 Å². The number of hydrogen-bond acceptors (Lipinski definition) is 6. The van der Waals surface area contributed by atoms with Crippen LogP contribution >= 0.6 is 11.6 Å². The third-order valence-corrected chi connectivity index (χ3v) is 4.63. The van der Waals surface area contributed by atoms with Gasteiger partial charge in [-0.2, -0.15) is 5.21 Å². The molecule has 1 heterocycles. The van der Waals surface area contributed by atoms with E-state index in [-0.39, 0.29) is 27.9 Å². The summed E-state index contributed by atoms with van der Waals surface area (Å²) >= 11 is 5.70. The number of nitrogens with zero attached hydrogens (tertiary/aromatic N) is 3. The number of nitrogens with two attached hydrogens (primary N) is 1. The topological polar surface area (TPSA) is 127 Å². The number of benzene rings is 1. The van der Waals surface area contributed by atoms with Crippen molar-refractivity contribution >= 4 is 21.6 Å². The van der Waals surface area contributed by atoms with Gasteiger partial charge < -0.3 is 5.73 Å². The Morgan fingerprint density at radius 3 is 2.81 bits per heavy atom. The van der Waals surface area contributed by atoms with Crippen molar-refractivity contribution in [1.82, 2.24) is 25.3 Å². The summed E-state index contributed by atoms with van der Waals surface area (Å²) < 4.78 is 40.4. The SMILES string of the molecule is CC(NS(=O)(=O)c1cc(F)c(Cl)c(CN)c1)c1nn[nH]n1. The van der Waals surface area contributed by atoms with E-state index in [1.54, 1.807) is 0 Å². The number of rotatable bonds is 5. The lowest BCUT2D eigenvalue weighted by Crippen LogP contribution is -2.28. The molecule has 1 atom stereocenters. The molecular formula is C10H12ClFN6O2S. The molecule has 21 heavy (non-hydrogen) atoms. The zero-order valence-electron chi connectivity index (χ0n) is 10.8. The number of tetrazole rings is 1. The lowest BCUT2D eigenvalue weighted by atomic mass is 10.2. The number of hydrogen-bond donors (Lipinski definition) is 3. The fraction of sp³-hybridized carbons (Fsp3) is 0.300. The fourth-order valence-electron chi connectivity index (χ4n) is 1.63. The third kappa shape index (κ3) is 3.35. The van der Waals surface area contributed by atoms with Crippen LogP contribution in [0, 0.1) is 5.82 Å². The summed E-state index contributed by atoms with van der Waals surface area (Å²) in [5.41, 5.74) is 5.61. The Balaban J connectivity index is 2.34. The molecule has 0 radical (unpaired) electrons. The van der Waals surface area contributed by atoms with E-state index in [4.69, 9.17) is 17.3 Å². The van der Waals surface area contributed by atoms with Crippen LogP contribution in [-0.4, -0.2) is 29.0 Å². The first-order chi connectivity index (χ1) is 9.85. The number of aromatic amines is 1. The molecule has 0 fully saturated rings. The quantitative estimate of drug-likeness (QED) is 0.730.